The van der Waals surface area contributed by atoms with Gasteiger partial charge in [0.25, 0.3) is 0 Å². The topological polar surface area (TPSA) is 84.5 Å². The Hall–Kier alpha value is -3.35. The zero-order valence-corrected chi connectivity index (χ0v) is 16.0. The van der Waals surface area contributed by atoms with Crippen LogP contribution in [0, 0.1) is 5.92 Å². The van der Waals surface area contributed by atoms with E-state index in [2.05, 4.69) is 5.32 Å². The number of fused-ring (bicyclic) bond motifs is 1. The van der Waals surface area contributed by atoms with Crippen molar-refractivity contribution in [1.29, 1.82) is 0 Å². The number of likely N-dealkylation sites (tertiary alicyclic amines) is 1. The van der Waals surface area contributed by atoms with Crippen LogP contribution in [0.2, 0.25) is 0 Å². The number of amides is 2. The fraction of sp³-hybridized carbons (Fsp3) is 0.318. The third kappa shape index (κ3) is 4.23. The van der Waals surface area contributed by atoms with Gasteiger partial charge in [-0.2, -0.15) is 0 Å². The van der Waals surface area contributed by atoms with Crippen LogP contribution in [0.1, 0.15) is 19.3 Å². The summed E-state index contributed by atoms with van der Waals surface area (Å²) in [6, 6.07) is 16.6. The molecule has 2 amide bonds. The number of oxazole rings is 1. The lowest BCUT2D eigenvalue weighted by Gasteiger charge is -2.31. The van der Waals surface area contributed by atoms with Crippen molar-refractivity contribution in [3.63, 3.8) is 0 Å². The molecule has 1 N–H and O–H groups in total. The van der Waals surface area contributed by atoms with Crippen molar-refractivity contribution in [2.24, 2.45) is 5.92 Å². The summed E-state index contributed by atoms with van der Waals surface area (Å²) in [6.07, 6.45) is 1.50. The highest BCUT2D eigenvalue weighted by molar-refractivity contribution is 5.92. The molecule has 0 aliphatic carbocycles. The van der Waals surface area contributed by atoms with Gasteiger partial charge in [0.05, 0.1) is 5.52 Å². The molecule has 1 saturated heterocycles. The molecular formula is C22H23N3O4. The van der Waals surface area contributed by atoms with Crippen molar-refractivity contribution in [3.05, 3.63) is 65.1 Å². The van der Waals surface area contributed by atoms with Crippen molar-refractivity contribution in [1.82, 2.24) is 9.47 Å². The third-order valence-electron chi connectivity index (χ3n) is 5.38. The molecule has 4 rings (SSSR count). The highest BCUT2D eigenvalue weighted by Gasteiger charge is 2.27. The molecular weight excluding hydrogens is 370 g/mol. The molecule has 1 fully saturated rings. The van der Waals surface area contributed by atoms with Gasteiger partial charge in [0.2, 0.25) is 11.8 Å². The second-order valence-electron chi connectivity index (χ2n) is 7.25. The number of carbonyl (C=O) groups excluding carboxylic acids is 2. The quantitative estimate of drug-likeness (QED) is 0.722. The van der Waals surface area contributed by atoms with Gasteiger partial charge in [-0.15, -0.1) is 0 Å². The summed E-state index contributed by atoms with van der Waals surface area (Å²) in [5.41, 5.74) is 2.01. The smallest absolute Gasteiger partial charge is 0.408 e. The second-order valence-corrected chi connectivity index (χ2v) is 7.25. The number of nitrogens with one attached hydrogen (secondary N) is 1. The van der Waals surface area contributed by atoms with E-state index in [1.165, 1.54) is 4.57 Å². The number of carbonyl (C=O) groups is 2. The summed E-state index contributed by atoms with van der Waals surface area (Å²) in [4.78, 5) is 38.8. The molecule has 29 heavy (non-hydrogen) atoms. The number of nitrogens with zero attached hydrogens (tertiary/aromatic N) is 2. The average Bonchev–Trinajstić information content (AvgIpc) is 3.07. The first kappa shape index (κ1) is 19.0. The summed E-state index contributed by atoms with van der Waals surface area (Å²) in [5, 5.41) is 2.93. The summed E-state index contributed by atoms with van der Waals surface area (Å²) < 4.78 is 6.70. The van der Waals surface area contributed by atoms with Crippen molar-refractivity contribution < 1.29 is 14.0 Å². The minimum absolute atomic E-state index is 0.000261. The lowest BCUT2D eigenvalue weighted by atomic mass is 9.95. The normalized spacial score (nSPS) is 14.8. The van der Waals surface area contributed by atoms with E-state index in [-0.39, 0.29) is 30.7 Å². The number of piperidine rings is 1. The summed E-state index contributed by atoms with van der Waals surface area (Å²) in [7, 11) is 0. The number of hydrogen-bond donors (Lipinski definition) is 1. The van der Waals surface area contributed by atoms with E-state index < -0.39 is 5.76 Å². The van der Waals surface area contributed by atoms with Gasteiger partial charge >= 0.3 is 5.76 Å². The van der Waals surface area contributed by atoms with E-state index in [9.17, 15) is 14.4 Å². The number of rotatable bonds is 5. The van der Waals surface area contributed by atoms with E-state index in [1.54, 1.807) is 17.0 Å². The first-order valence-corrected chi connectivity index (χ1v) is 9.84. The number of aromatic nitrogens is 1. The molecule has 3 aromatic rings. The molecule has 7 nitrogen and oxygen atoms in total. The zero-order chi connectivity index (χ0) is 20.2. The maximum Gasteiger partial charge on any atom is 0.419 e. The van der Waals surface area contributed by atoms with Crippen molar-refractivity contribution in [2.45, 2.75) is 25.8 Å². The van der Waals surface area contributed by atoms with E-state index in [0.717, 1.165) is 5.69 Å². The number of anilines is 1. The molecule has 0 unspecified atom stereocenters. The Morgan fingerprint density at radius 1 is 1.00 bits per heavy atom. The van der Waals surface area contributed by atoms with E-state index in [1.807, 2.05) is 42.5 Å². The molecule has 0 spiro atoms. The number of para-hydroxylation sites is 3. The summed E-state index contributed by atoms with van der Waals surface area (Å²) in [5.74, 6) is -0.557. The number of hydrogen-bond acceptors (Lipinski definition) is 4. The van der Waals surface area contributed by atoms with Gasteiger partial charge in [-0.1, -0.05) is 30.3 Å². The van der Waals surface area contributed by atoms with Crippen LogP contribution in [0.25, 0.3) is 11.1 Å². The number of benzene rings is 2. The molecule has 1 aromatic heterocycles. The molecule has 0 radical (unpaired) electrons. The van der Waals surface area contributed by atoms with Gasteiger partial charge in [-0.05, 0) is 37.1 Å². The molecule has 0 saturated carbocycles. The first-order chi connectivity index (χ1) is 14.1. The van der Waals surface area contributed by atoms with Crippen LogP contribution in [-0.4, -0.2) is 34.4 Å². The Labute approximate surface area is 167 Å². The lowest BCUT2D eigenvalue weighted by Crippen LogP contribution is -2.41. The Morgan fingerprint density at radius 3 is 2.45 bits per heavy atom. The van der Waals surface area contributed by atoms with E-state index in [4.69, 9.17) is 4.42 Å². The summed E-state index contributed by atoms with van der Waals surface area (Å²) >= 11 is 0. The van der Waals surface area contributed by atoms with Gasteiger partial charge in [0, 0.05) is 37.7 Å². The zero-order valence-electron chi connectivity index (χ0n) is 16.0. The molecule has 1 aliphatic heterocycles. The first-order valence-electron chi connectivity index (χ1n) is 9.84. The maximum absolute atomic E-state index is 12.6. The van der Waals surface area contributed by atoms with Gasteiger partial charge in [-0.3, -0.25) is 14.2 Å². The summed E-state index contributed by atoms with van der Waals surface area (Å²) in [6.45, 7) is 1.38. The SMILES string of the molecule is O=C(Nc1ccccc1)C1CCN(C(=O)CCn2c(=O)oc3ccccc32)CC1. The van der Waals surface area contributed by atoms with Crippen LogP contribution in [0.4, 0.5) is 5.69 Å². The van der Waals surface area contributed by atoms with Crippen molar-refractivity contribution >= 4 is 28.6 Å². The predicted octanol–water partition coefficient (Wildman–Crippen LogP) is 2.86. The third-order valence-corrected chi connectivity index (χ3v) is 5.38. The second kappa shape index (κ2) is 8.34. The number of aryl methyl sites for hydroxylation is 1. The lowest BCUT2D eigenvalue weighted by molar-refractivity contribution is -0.134. The van der Waals surface area contributed by atoms with Gasteiger partial charge in [0.1, 0.15) is 0 Å². The average molecular weight is 393 g/mol. The van der Waals surface area contributed by atoms with Crippen LogP contribution in [-0.2, 0) is 16.1 Å². The van der Waals surface area contributed by atoms with Gasteiger partial charge < -0.3 is 14.6 Å². The highest BCUT2D eigenvalue weighted by Crippen LogP contribution is 2.20. The molecule has 0 atom stereocenters. The molecule has 1 aliphatic rings. The predicted molar refractivity (Wildman–Crippen MR) is 109 cm³/mol. The van der Waals surface area contributed by atoms with Crippen LogP contribution >= 0.6 is 0 Å². The van der Waals surface area contributed by atoms with Gasteiger partial charge in [-0.25, -0.2) is 4.79 Å². The Kier molecular flexibility index (Phi) is 5.46. The van der Waals surface area contributed by atoms with Crippen molar-refractivity contribution in [3.8, 4) is 0 Å². The molecule has 2 aromatic carbocycles. The molecule has 2 heterocycles. The molecule has 7 heteroatoms. The fourth-order valence-electron chi connectivity index (χ4n) is 3.75. The van der Waals surface area contributed by atoms with Gasteiger partial charge in [0.15, 0.2) is 5.58 Å². The largest absolute Gasteiger partial charge is 0.419 e. The Balaban J connectivity index is 1.29. The standard InChI is InChI=1S/C22H23N3O4/c26-20(12-15-25-18-8-4-5-9-19(18)29-22(25)28)24-13-10-16(11-14-24)21(27)23-17-6-2-1-3-7-17/h1-9,16H,10-15H2,(H,23,27). The van der Waals surface area contributed by atoms with Crippen LogP contribution in [0.3, 0.4) is 0 Å². The molecule has 0 bridgehead atoms. The van der Waals surface area contributed by atoms with Crippen molar-refractivity contribution in [2.75, 3.05) is 18.4 Å². The Morgan fingerprint density at radius 2 is 1.69 bits per heavy atom. The van der Waals surface area contributed by atoms with Crippen LogP contribution in [0.15, 0.2) is 63.8 Å². The highest BCUT2D eigenvalue weighted by atomic mass is 16.4. The maximum atomic E-state index is 12.6. The molecule has 150 valence electrons. The van der Waals surface area contributed by atoms with E-state index in [0.29, 0.717) is 37.0 Å². The monoisotopic (exact) mass is 393 g/mol. The van der Waals surface area contributed by atoms with Crippen LogP contribution in [0.5, 0.6) is 0 Å². The van der Waals surface area contributed by atoms with Crippen LogP contribution < -0.4 is 11.1 Å². The van der Waals surface area contributed by atoms with E-state index >= 15 is 0 Å². The minimum atomic E-state index is -0.449. The Bertz CT molecular complexity index is 1060. The fourth-order valence-corrected chi connectivity index (χ4v) is 3.75. The minimum Gasteiger partial charge on any atom is -0.408 e.